The molecule has 39 heavy (non-hydrogen) atoms. The fraction of sp³-hybridized carbons (Fsp3) is 0.154. The Kier molecular flexibility index (Phi) is 7.36. The zero-order valence-electron chi connectivity index (χ0n) is 20.4. The molecule has 3 aromatic heterocycles. The Balaban J connectivity index is 1.58. The second-order valence-corrected chi connectivity index (χ2v) is 9.14. The maximum Gasteiger partial charge on any atom is 0.249 e. The van der Waals surface area contributed by atoms with E-state index in [0.29, 0.717) is 28.0 Å². The van der Waals surface area contributed by atoms with Gasteiger partial charge in [-0.3, -0.25) is 15.0 Å². The third kappa shape index (κ3) is 5.36. The highest BCUT2D eigenvalue weighted by Gasteiger charge is 2.25. The van der Waals surface area contributed by atoms with E-state index in [1.165, 1.54) is 6.20 Å². The molecule has 198 valence electrons. The summed E-state index contributed by atoms with van der Waals surface area (Å²) < 4.78 is 40.5. The number of pyridine rings is 3. The van der Waals surface area contributed by atoms with Crippen molar-refractivity contribution in [2.45, 2.75) is 19.0 Å². The molecule has 0 saturated carbocycles. The first-order valence-electron chi connectivity index (χ1n) is 11.7. The van der Waals surface area contributed by atoms with Crippen LogP contribution in [0.1, 0.15) is 24.1 Å². The number of hydrogen-bond acceptors (Lipinski definition) is 9. The minimum atomic E-state index is -1.24. The van der Waals surface area contributed by atoms with Crippen LogP contribution in [0.2, 0.25) is 5.02 Å². The van der Waals surface area contributed by atoms with E-state index in [4.69, 9.17) is 11.6 Å². The van der Waals surface area contributed by atoms with Crippen LogP contribution in [-0.2, 0) is 0 Å². The summed E-state index contributed by atoms with van der Waals surface area (Å²) in [5.74, 6) is -2.38. The van der Waals surface area contributed by atoms with Crippen molar-refractivity contribution in [1.82, 2.24) is 30.9 Å². The van der Waals surface area contributed by atoms with Crippen LogP contribution >= 0.6 is 11.6 Å². The predicted octanol–water partition coefficient (Wildman–Crippen LogP) is 5.25. The lowest BCUT2D eigenvalue weighted by Gasteiger charge is -2.22. The second kappa shape index (κ2) is 11.0. The SMILES string of the molecule is C[C@@H](CF)N1C=C([C@@H](Nc2cc(Cl)c3ncc(C#N)c(Nc4cnc(F)c(F)c4)c3c2)c2cccnc2)NN1. The average Bonchev–Trinajstić information content (AvgIpc) is 3.44. The molecule has 4 heterocycles. The van der Waals surface area contributed by atoms with E-state index < -0.39 is 30.5 Å². The van der Waals surface area contributed by atoms with Crippen molar-refractivity contribution in [3.8, 4) is 6.07 Å². The van der Waals surface area contributed by atoms with Crippen molar-refractivity contribution in [1.29, 1.82) is 5.26 Å². The standard InChI is InChI=1S/C26H21ClF3N9/c1-14(8-28)39-13-22(37-38-39)24(15-3-2-4-32-10-15)35-17-5-19-23(36-18-7-21(29)26(30)34-12-18)16(9-31)11-33-25(19)20(27)6-17/h2-7,10-14,24,35,37-38H,8H2,1H3,(H,33,36)/t14-,24-/m0/s1. The Morgan fingerprint density at radius 2 is 2.00 bits per heavy atom. The number of alkyl halides is 1. The average molecular weight is 552 g/mol. The number of hydrazine groups is 2. The lowest BCUT2D eigenvalue weighted by Crippen LogP contribution is -2.43. The Morgan fingerprint density at radius 1 is 1.15 bits per heavy atom. The molecule has 0 aliphatic carbocycles. The smallest absolute Gasteiger partial charge is 0.249 e. The second-order valence-electron chi connectivity index (χ2n) is 8.73. The fourth-order valence-corrected chi connectivity index (χ4v) is 4.32. The number of nitrogens with zero attached hydrogens (tertiary/aromatic N) is 5. The Hall–Kier alpha value is -4.60. The van der Waals surface area contributed by atoms with Gasteiger partial charge in [-0.2, -0.15) is 9.65 Å². The third-order valence-electron chi connectivity index (χ3n) is 6.06. The van der Waals surface area contributed by atoms with Gasteiger partial charge in [0.1, 0.15) is 12.7 Å². The first-order chi connectivity index (χ1) is 18.9. The number of hydrogen-bond donors (Lipinski definition) is 4. The minimum Gasteiger partial charge on any atom is -0.373 e. The fourth-order valence-electron chi connectivity index (χ4n) is 4.05. The summed E-state index contributed by atoms with van der Waals surface area (Å²) in [5.41, 5.74) is 9.04. The van der Waals surface area contributed by atoms with Gasteiger partial charge >= 0.3 is 0 Å². The molecule has 5 rings (SSSR count). The van der Waals surface area contributed by atoms with E-state index in [9.17, 15) is 18.4 Å². The topological polar surface area (TPSA) is 114 Å². The van der Waals surface area contributed by atoms with Crippen molar-refractivity contribution in [2.75, 3.05) is 17.3 Å². The first kappa shape index (κ1) is 26.0. The molecule has 13 heteroatoms. The first-order valence-corrected chi connectivity index (χ1v) is 12.1. The number of aromatic nitrogens is 3. The molecule has 0 unspecified atom stereocenters. The molecule has 2 atom stereocenters. The van der Waals surface area contributed by atoms with Crippen LogP contribution in [0.3, 0.4) is 0 Å². The normalized spacial score (nSPS) is 14.4. The van der Waals surface area contributed by atoms with Crippen molar-refractivity contribution < 1.29 is 13.2 Å². The van der Waals surface area contributed by atoms with Gasteiger partial charge < -0.3 is 16.1 Å². The molecule has 0 saturated heterocycles. The van der Waals surface area contributed by atoms with Crippen molar-refractivity contribution in [3.63, 3.8) is 0 Å². The Morgan fingerprint density at radius 3 is 2.72 bits per heavy atom. The van der Waals surface area contributed by atoms with E-state index in [-0.39, 0.29) is 16.3 Å². The number of benzene rings is 1. The summed E-state index contributed by atoms with van der Waals surface area (Å²) in [6.07, 6.45) is 7.57. The number of nitrogens with one attached hydrogen (secondary N) is 4. The maximum absolute atomic E-state index is 13.8. The highest BCUT2D eigenvalue weighted by atomic mass is 35.5. The summed E-state index contributed by atoms with van der Waals surface area (Å²) in [5, 5.41) is 18.5. The van der Waals surface area contributed by atoms with Gasteiger partial charge in [-0.25, -0.2) is 13.8 Å². The molecule has 0 bridgehead atoms. The van der Waals surface area contributed by atoms with Crippen LogP contribution < -0.4 is 21.6 Å². The molecule has 1 aromatic carbocycles. The maximum atomic E-state index is 13.8. The summed E-state index contributed by atoms with van der Waals surface area (Å²) in [4.78, 5) is 11.9. The Labute approximate surface area is 226 Å². The predicted molar refractivity (Wildman–Crippen MR) is 141 cm³/mol. The molecule has 0 amide bonds. The number of fused-ring (bicyclic) bond motifs is 1. The van der Waals surface area contributed by atoms with Crippen molar-refractivity contribution in [2.24, 2.45) is 0 Å². The summed E-state index contributed by atoms with van der Waals surface area (Å²) in [6, 6.07) is 9.22. The van der Waals surface area contributed by atoms with E-state index in [2.05, 4.69) is 42.6 Å². The summed E-state index contributed by atoms with van der Waals surface area (Å²) >= 11 is 6.61. The monoisotopic (exact) mass is 551 g/mol. The van der Waals surface area contributed by atoms with Crippen LogP contribution in [0.15, 0.2) is 67.0 Å². The van der Waals surface area contributed by atoms with Gasteiger partial charge in [-0.05, 0) is 30.7 Å². The van der Waals surface area contributed by atoms with Gasteiger partial charge in [0.2, 0.25) is 5.95 Å². The number of nitriles is 1. The number of halogens is 4. The van der Waals surface area contributed by atoms with E-state index in [0.717, 1.165) is 17.8 Å². The van der Waals surface area contributed by atoms with Crippen molar-refractivity contribution >= 4 is 39.6 Å². The third-order valence-corrected chi connectivity index (χ3v) is 6.34. The quantitative estimate of drug-likeness (QED) is 0.218. The molecular weight excluding hydrogens is 531 g/mol. The zero-order chi connectivity index (χ0) is 27.5. The van der Waals surface area contributed by atoms with Gasteiger partial charge in [-0.1, -0.05) is 17.7 Å². The molecule has 1 aliphatic heterocycles. The molecular formula is C26H21ClF3N9. The van der Waals surface area contributed by atoms with Gasteiger partial charge in [0.15, 0.2) is 5.82 Å². The molecule has 0 radical (unpaired) electrons. The lowest BCUT2D eigenvalue weighted by molar-refractivity contribution is 0.178. The highest BCUT2D eigenvalue weighted by molar-refractivity contribution is 6.36. The number of rotatable bonds is 8. The van der Waals surface area contributed by atoms with E-state index in [1.807, 2.05) is 6.07 Å². The number of anilines is 3. The highest BCUT2D eigenvalue weighted by Crippen LogP contribution is 2.37. The van der Waals surface area contributed by atoms with Gasteiger partial charge in [0.05, 0.1) is 51.5 Å². The van der Waals surface area contributed by atoms with Crippen molar-refractivity contribution in [3.05, 3.63) is 94.9 Å². The summed E-state index contributed by atoms with van der Waals surface area (Å²) in [6.45, 7) is 1.18. The lowest BCUT2D eigenvalue weighted by atomic mass is 10.0. The molecule has 4 aromatic rings. The van der Waals surface area contributed by atoms with Gasteiger partial charge in [0.25, 0.3) is 0 Å². The van der Waals surface area contributed by atoms with Gasteiger partial charge in [-0.15, -0.1) is 5.53 Å². The minimum absolute atomic E-state index is 0.133. The van der Waals surface area contributed by atoms with Crippen LogP contribution in [0.5, 0.6) is 0 Å². The van der Waals surface area contributed by atoms with E-state index in [1.54, 1.807) is 48.7 Å². The van der Waals surface area contributed by atoms with Crippen LogP contribution in [0.25, 0.3) is 10.9 Å². The Bertz CT molecular complexity index is 1590. The van der Waals surface area contributed by atoms with Gasteiger partial charge in [0, 0.05) is 41.9 Å². The molecule has 9 nitrogen and oxygen atoms in total. The molecule has 0 fully saturated rings. The largest absolute Gasteiger partial charge is 0.373 e. The summed E-state index contributed by atoms with van der Waals surface area (Å²) in [7, 11) is 0. The molecule has 1 aliphatic rings. The zero-order valence-corrected chi connectivity index (χ0v) is 21.1. The molecule has 0 spiro atoms. The van der Waals surface area contributed by atoms with Crippen LogP contribution in [0, 0.1) is 23.1 Å². The van der Waals surface area contributed by atoms with E-state index >= 15 is 0 Å². The molecule has 4 N–H and O–H groups in total. The van der Waals surface area contributed by atoms with Crippen LogP contribution in [0.4, 0.5) is 30.2 Å². The van der Waals surface area contributed by atoms with Crippen LogP contribution in [-0.4, -0.2) is 32.7 Å².